The van der Waals surface area contributed by atoms with Gasteiger partial charge in [-0.3, -0.25) is 14.5 Å². The molecule has 1 amide bonds. The van der Waals surface area contributed by atoms with Crippen LogP contribution in [0.2, 0.25) is 0 Å². The van der Waals surface area contributed by atoms with E-state index in [2.05, 4.69) is 10.1 Å². The molecule has 2 N–H and O–H groups in total. The van der Waals surface area contributed by atoms with Crippen molar-refractivity contribution in [2.45, 2.75) is 25.2 Å². The lowest BCUT2D eigenvalue weighted by atomic mass is 10.2. The third kappa shape index (κ3) is 5.13. The fourth-order valence-electron chi connectivity index (χ4n) is 2.42. The van der Waals surface area contributed by atoms with Gasteiger partial charge in [-0.1, -0.05) is 0 Å². The normalized spacial score (nSPS) is 18.7. The van der Waals surface area contributed by atoms with E-state index < -0.39 is 24.3 Å². The molecule has 0 spiro atoms. The van der Waals surface area contributed by atoms with E-state index in [-0.39, 0.29) is 12.3 Å². The zero-order chi connectivity index (χ0) is 17.0. The molecule has 1 heterocycles. The van der Waals surface area contributed by atoms with Gasteiger partial charge in [0.2, 0.25) is 5.91 Å². The number of aliphatic carboxylic acids is 1. The molecule has 2 rings (SSSR count). The number of amides is 1. The second-order valence-electron chi connectivity index (χ2n) is 5.09. The van der Waals surface area contributed by atoms with Crippen LogP contribution in [0.3, 0.4) is 0 Å². The van der Waals surface area contributed by atoms with Crippen LogP contribution >= 0.6 is 0 Å². The minimum atomic E-state index is -4.77. The van der Waals surface area contributed by atoms with Crippen molar-refractivity contribution in [1.82, 2.24) is 4.90 Å². The summed E-state index contributed by atoms with van der Waals surface area (Å²) in [6, 6.07) is 4.04. The lowest BCUT2D eigenvalue weighted by molar-refractivity contribution is -0.274. The molecule has 1 aromatic carbocycles. The number of likely N-dealkylation sites (tertiary alicyclic amines) is 1. The first-order valence-corrected chi connectivity index (χ1v) is 6.87. The van der Waals surface area contributed by atoms with Gasteiger partial charge in [-0.2, -0.15) is 0 Å². The van der Waals surface area contributed by atoms with E-state index in [1.165, 1.54) is 12.1 Å². The van der Waals surface area contributed by atoms with Crippen molar-refractivity contribution >= 4 is 17.6 Å². The van der Waals surface area contributed by atoms with Crippen LogP contribution in [-0.4, -0.2) is 47.4 Å². The summed E-state index contributed by atoms with van der Waals surface area (Å²) in [4.78, 5) is 24.5. The van der Waals surface area contributed by atoms with Crippen LogP contribution in [0.25, 0.3) is 0 Å². The molecule has 1 aromatic rings. The fourth-order valence-corrected chi connectivity index (χ4v) is 2.42. The van der Waals surface area contributed by atoms with Crippen LogP contribution in [0.4, 0.5) is 18.9 Å². The second-order valence-corrected chi connectivity index (χ2v) is 5.09. The molecule has 1 fully saturated rings. The Morgan fingerprint density at radius 2 is 1.96 bits per heavy atom. The first-order valence-electron chi connectivity index (χ1n) is 6.87. The molecule has 9 heteroatoms. The minimum Gasteiger partial charge on any atom is -0.480 e. The predicted molar refractivity (Wildman–Crippen MR) is 74.0 cm³/mol. The average Bonchev–Trinajstić information content (AvgIpc) is 2.87. The Hall–Kier alpha value is -2.29. The van der Waals surface area contributed by atoms with E-state index in [1.807, 2.05) is 0 Å². The van der Waals surface area contributed by atoms with Gasteiger partial charge in [-0.25, -0.2) is 0 Å². The maximum atomic E-state index is 12.0. The Balaban J connectivity index is 1.89. The lowest BCUT2D eigenvalue weighted by Gasteiger charge is -2.20. The molecule has 1 aliphatic heterocycles. The summed E-state index contributed by atoms with van der Waals surface area (Å²) in [5.74, 6) is -1.78. The molecule has 0 aromatic heterocycles. The monoisotopic (exact) mass is 332 g/mol. The maximum absolute atomic E-state index is 12.0. The van der Waals surface area contributed by atoms with Crippen LogP contribution in [0, 0.1) is 0 Å². The predicted octanol–water partition coefficient (Wildman–Crippen LogP) is 2.07. The molecule has 23 heavy (non-hydrogen) atoms. The van der Waals surface area contributed by atoms with E-state index >= 15 is 0 Å². The van der Waals surface area contributed by atoms with Crippen LogP contribution in [0.5, 0.6) is 5.75 Å². The number of halogens is 3. The van der Waals surface area contributed by atoms with E-state index in [1.54, 1.807) is 4.90 Å². The highest BCUT2D eigenvalue weighted by Gasteiger charge is 2.32. The minimum absolute atomic E-state index is 0.0855. The topological polar surface area (TPSA) is 78.9 Å². The van der Waals surface area contributed by atoms with Crippen LogP contribution in [0.15, 0.2) is 24.3 Å². The van der Waals surface area contributed by atoms with E-state index in [0.717, 1.165) is 12.1 Å². The van der Waals surface area contributed by atoms with Crippen molar-refractivity contribution in [3.8, 4) is 5.75 Å². The molecule has 1 atom stereocenters. The van der Waals surface area contributed by atoms with Crippen molar-refractivity contribution in [3.05, 3.63) is 24.3 Å². The summed E-state index contributed by atoms with van der Waals surface area (Å²) < 4.78 is 39.8. The fraction of sp³-hybridized carbons (Fsp3) is 0.429. The number of ether oxygens (including phenoxy) is 1. The van der Waals surface area contributed by atoms with Crippen molar-refractivity contribution in [2.75, 3.05) is 18.4 Å². The van der Waals surface area contributed by atoms with Crippen molar-refractivity contribution < 1.29 is 32.6 Å². The highest BCUT2D eigenvalue weighted by atomic mass is 19.4. The number of carbonyl (C=O) groups is 2. The smallest absolute Gasteiger partial charge is 0.480 e. The number of carboxylic acid groups (broad SMARTS) is 1. The van der Waals surface area contributed by atoms with Gasteiger partial charge in [-0.05, 0) is 43.7 Å². The number of hydrogen-bond acceptors (Lipinski definition) is 4. The third-order valence-corrected chi connectivity index (χ3v) is 3.37. The number of carbonyl (C=O) groups excluding carboxylic acids is 1. The number of carboxylic acids is 1. The largest absolute Gasteiger partial charge is 0.573 e. The quantitative estimate of drug-likeness (QED) is 0.863. The van der Waals surface area contributed by atoms with E-state index in [9.17, 15) is 22.8 Å². The van der Waals surface area contributed by atoms with Gasteiger partial charge in [-0.15, -0.1) is 13.2 Å². The number of nitrogens with one attached hydrogen (secondary N) is 1. The Kier molecular flexibility index (Phi) is 5.09. The molecule has 0 bridgehead atoms. The summed E-state index contributed by atoms with van der Waals surface area (Å²) >= 11 is 0. The van der Waals surface area contributed by atoms with Crippen LogP contribution in [-0.2, 0) is 9.59 Å². The van der Waals surface area contributed by atoms with Crippen LogP contribution in [0.1, 0.15) is 12.8 Å². The van der Waals surface area contributed by atoms with Gasteiger partial charge in [0.15, 0.2) is 0 Å². The Bertz CT molecular complexity index is 574. The number of anilines is 1. The number of benzene rings is 1. The third-order valence-electron chi connectivity index (χ3n) is 3.37. The molecule has 0 aliphatic carbocycles. The van der Waals surface area contributed by atoms with Gasteiger partial charge in [0.25, 0.3) is 0 Å². The molecular formula is C14H15F3N2O4. The van der Waals surface area contributed by atoms with Gasteiger partial charge >= 0.3 is 12.3 Å². The van der Waals surface area contributed by atoms with Gasteiger partial charge in [0.1, 0.15) is 11.8 Å². The average molecular weight is 332 g/mol. The molecule has 0 unspecified atom stereocenters. The van der Waals surface area contributed by atoms with Gasteiger partial charge in [0, 0.05) is 5.69 Å². The van der Waals surface area contributed by atoms with Crippen molar-refractivity contribution in [1.29, 1.82) is 0 Å². The standard InChI is InChI=1S/C14H15F3N2O4/c15-14(16,17)23-10-5-3-9(4-6-10)18-12(20)8-19-7-1-2-11(19)13(21)22/h3-6,11H,1-2,7-8H2,(H,18,20)(H,21,22)/t11-/m1/s1. The number of alkyl halides is 3. The van der Waals surface area contributed by atoms with Gasteiger partial charge in [0.05, 0.1) is 6.54 Å². The SMILES string of the molecule is O=C(CN1CCC[C@@H]1C(=O)O)Nc1ccc(OC(F)(F)F)cc1. The van der Waals surface area contributed by atoms with Gasteiger partial charge < -0.3 is 15.2 Å². The van der Waals surface area contributed by atoms with Crippen LogP contribution < -0.4 is 10.1 Å². The van der Waals surface area contributed by atoms with Crippen molar-refractivity contribution in [3.63, 3.8) is 0 Å². The Morgan fingerprint density at radius 3 is 2.52 bits per heavy atom. The summed E-state index contributed by atoms with van der Waals surface area (Å²) in [6.07, 6.45) is -3.58. The summed E-state index contributed by atoms with van der Waals surface area (Å²) in [5.41, 5.74) is 0.301. The highest BCUT2D eigenvalue weighted by molar-refractivity contribution is 5.92. The summed E-state index contributed by atoms with van der Waals surface area (Å²) in [5, 5.41) is 11.5. The van der Waals surface area contributed by atoms with Crippen molar-refractivity contribution in [2.24, 2.45) is 0 Å². The van der Waals surface area contributed by atoms with E-state index in [4.69, 9.17) is 5.11 Å². The van der Waals surface area contributed by atoms with E-state index in [0.29, 0.717) is 25.1 Å². The molecule has 1 saturated heterocycles. The summed E-state index contributed by atoms with van der Waals surface area (Å²) in [7, 11) is 0. The zero-order valence-electron chi connectivity index (χ0n) is 12.0. The number of rotatable bonds is 5. The molecule has 1 aliphatic rings. The maximum Gasteiger partial charge on any atom is 0.573 e. The molecule has 0 radical (unpaired) electrons. The Morgan fingerprint density at radius 1 is 1.30 bits per heavy atom. The summed E-state index contributed by atoms with van der Waals surface area (Å²) in [6.45, 7) is 0.431. The lowest BCUT2D eigenvalue weighted by Crippen LogP contribution is -2.40. The Labute approximate surface area is 129 Å². The molecular weight excluding hydrogens is 317 g/mol. The molecule has 126 valence electrons. The molecule has 6 nitrogen and oxygen atoms in total. The first-order chi connectivity index (χ1) is 10.7. The highest BCUT2D eigenvalue weighted by Crippen LogP contribution is 2.24. The number of nitrogens with zero attached hydrogens (tertiary/aromatic N) is 1. The first kappa shape index (κ1) is 17.1. The number of hydrogen-bond donors (Lipinski definition) is 2. The molecule has 0 saturated carbocycles. The second kappa shape index (κ2) is 6.86. The zero-order valence-corrected chi connectivity index (χ0v) is 12.0.